The predicted octanol–water partition coefficient (Wildman–Crippen LogP) is 6.14. The summed E-state index contributed by atoms with van der Waals surface area (Å²) in [5.41, 5.74) is 2.37. The Morgan fingerprint density at radius 3 is 2.60 bits per heavy atom. The molecule has 154 valence electrons. The number of alkyl halides is 3. The standard InChI is InChI=1S/C21H14F4N2OS2/c1-12-7-16(22)15(9-19(12)30(28)11-21(23,24)25)13-4-5-17-18(8-13)29-20(27-17)14-3-2-6-26-10-14/h2-10H,11H2,1H3. The van der Waals surface area contributed by atoms with Gasteiger partial charge in [-0.25, -0.2) is 9.37 Å². The van der Waals surface area contributed by atoms with Gasteiger partial charge in [0.2, 0.25) is 5.75 Å². The molecular weight excluding hydrogens is 436 g/mol. The molecule has 0 fully saturated rings. The van der Waals surface area contributed by atoms with Crippen LogP contribution >= 0.6 is 11.3 Å². The van der Waals surface area contributed by atoms with Gasteiger partial charge in [0.1, 0.15) is 10.8 Å². The Morgan fingerprint density at radius 1 is 1.10 bits per heavy atom. The highest BCUT2D eigenvalue weighted by molar-refractivity contribution is 7.91. The minimum atomic E-state index is -4.57. The van der Waals surface area contributed by atoms with E-state index in [4.69, 9.17) is 0 Å². The summed E-state index contributed by atoms with van der Waals surface area (Å²) in [4.78, 5) is 8.60. The van der Waals surface area contributed by atoms with Crippen LogP contribution in [0.3, 0.4) is 0 Å². The van der Waals surface area contributed by atoms with Gasteiger partial charge in [-0.15, -0.1) is 11.3 Å². The molecule has 0 saturated heterocycles. The lowest BCUT2D eigenvalue weighted by Gasteiger charge is -2.16. The van der Waals surface area contributed by atoms with E-state index in [1.54, 1.807) is 36.7 Å². The number of hydrogen-bond acceptors (Lipinski definition) is 4. The molecule has 0 aliphatic heterocycles. The van der Waals surface area contributed by atoms with Gasteiger partial charge in [0.15, 0.2) is 4.90 Å². The first-order chi connectivity index (χ1) is 14.2. The quantitative estimate of drug-likeness (QED) is 0.277. The largest absolute Gasteiger partial charge is 0.611 e. The number of halogens is 4. The number of rotatable bonds is 4. The van der Waals surface area contributed by atoms with Crippen molar-refractivity contribution in [2.24, 2.45) is 0 Å². The van der Waals surface area contributed by atoms with E-state index in [0.717, 1.165) is 26.9 Å². The predicted molar refractivity (Wildman–Crippen MR) is 110 cm³/mol. The van der Waals surface area contributed by atoms with Gasteiger partial charge in [0.25, 0.3) is 0 Å². The van der Waals surface area contributed by atoms with Crippen LogP contribution in [0.2, 0.25) is 0 Å². The summed E-state index contributed by atoms with van der Waals surface area (Å²) in [7, 11) is 0. The van der Waals surface area contributed by atoms with E-state index in [2.05, 4.69) is 9.97 Å². The highest BCUT2D eigenvalue weighted by atomic mass is 32.2. The monoisotopic (exact) mass is 450 g/mol. The Bertz CT molecular complexity index is 1210. The van der Waals surface area contributed by atoms with Gasteiger partial charge in [-0.2, -0.15) is 13.2 Å². The van der Waals surface area contributed by atoms with Crippen molar-refractivity contribution < 1.29 is 22.1 Å². The molecule has 3 nitrogen and oxygen atoms in total. The van der Waals surface area contributed by atoms with E-state index in [0.29, 0.717) is 5.56 Å². The molecule has 2 aromatic carbocycles. The molecule has 0 bridgehead atoms. The van der Waals surface area contributed by atoms with Crippen LogP contribution in [0.1, 0.15) is 5.56 Å². The van der Waals surface area contributed by atoms with Crippen LogP contribution in [0.5, 0.6) is 0 Å². The molecule has 4 rings (SSSR count). The smallest absolute Gasteiger partial charge is 0.433 e. The van der Waals surface area contributed by atoms with E-state index in [1.165, 1.54) is 24.3 Å². The molecule has 0 spiro atoms. The molecule has 4 aromatic rings. The summed E-state index contributed by atoms with van der Waals surface area (Å²) in [5, 5.41) is 0.756. The van der Waals surface area contributed by atoms with Crippen LogP contribution in [0.25, 0.3) is 31.9 Å². The second kappa shape index (κ2) is 7.98. The number of hydrogen-bond donors (Lipinski definition) is 0. The Balaban J connectivity index is 1.75. The van der Waals surface area contributed by atoms with Gasteiger partial charge >= 0.3 is 6.18 Å². The number of aryl methyl sites for hydroxylation is 1. The zero-order valence-corrected chi connectivity index (χ0v) is 17.2. The van der Waals surface area contributed by atoms with Crippen molar-refractivity contribution in [1.29, 1.82) is 0 Å². The zero-order chi connectivity index (χ0) is 21.5. The summed E-state index contributed by atoms with van der Waals surface area (Å²) in [6.45, 7) is 1.45. The molecule has 1 atom stereocenters. The Morgan fingerprint density at radius 2 is 1.90 bits per heavy atom. The first-order valence-electron chi connectivity index (χ1n) is 8.78. The molecule has 9 heteroatoms. The summed E-state index contributed by atoms with van der Waals surface area (Å²) in [6, 6.07) is 11.2. The number of pyridine rings is 1. The first-order valence-corrected chi connectivity index (χ1v) is 10.9. The van der Waals surface area contributed by atoms with Crippen LogP contribution in [0.4, 0.5) is 17.6 Å². The fraction of sp³-hybridized carbons (Fsp3) is 0.143. The third-order valence-corrected chi connectivity index (χ3v) is 7.00. The van der Waals surface area contributed by atoms with E-state index in [-0.39, 0.29) is 16.0 Å². The fourth-order valence-corrected chi connectivity index (χ4v) is 5.17. The van der Waals surface area contributed by atoms with Gasteiger partial charge in [-0.3, -0.25) is 4.98 Å². The molecule has 30 heavy (non-hydrogen) atoms. The number of benzene rings is 2. The van der Waals surface area contributed by atoms with E-state index < -0.39 is 28.9 Å². The molecule has 0 saturated carbocycles. The van der Waals surface area contributed by atoms with Crippen LogP contribution in [-0.2, 0) is 11.2 Å². The summed E-state index contributed by atoms with van der Waals surface area (Å²) >= 11 is -0.909. The van der Waals surface area contributed by atoms with Crippen molar-refractivity contribution in [3.8, 4) is 21.7 Å². The maximum atomic E-state index is 14.6. The van der Waals surface area contributed by atoms with Gasteiger partial charge in [0, 0.05) is 35.2 Å². The first kappa shape index (κ1) is 20.8. The molecule has 0 aliphatic carbocycles. The van der Waals surface area contributed by atoms with Crippen LogP contribution in [0, 0.1) is 12.7 Å². The average Bonchev–Trinajstić information content (AvgIpc) is 3.10. The maximum absolute atomic E-state index is 14.6. The normalized spacial score (nSPS) is 13.0. The lowest BCUT2D eigenvalue weighted by atomic mass is 10.0. The minimum Gasteiger partial charge on any atom is -0.611 e. The van der Waals surface area contributed by atoms with Crippen LogP contribution in [-0.4, -0.2) is 26.4 Å². The topological polar surface area (TPSA) is 48.8 Å². The number of fused-ring (bicyclic) bond motifs is 1. The molecular formula is C21H14F4N2OS2. The molecule has 2 aromatic heterocycles. The Hall–Kier alpha value is -2.49. The SMILES string of the molecule is Cc1cc(F)c(-c2ccc3nc(-c4cccnc4)sc3c2)cc1[S+]([O-])CC(F)(F)F. The van der Waals surface area contributed by atoms with Crippen molar-refractivity contribution in [3.05, 3.63) is 66.2 Å². The van der Waals surface area contributed by atoms with Crippen molar-refractivity contribution >= 4 is 32.7 Å². The van der Waals surface area contributed by atoms with E-state index in [1.807, 2.05) is 6.07 Å². The second-order valence-corrected chi connectivity index (χ2v) is 9.10. The lowest BCUT2D eigenvalue weighted by molar-refractivity contribution is -0.106. The third-order valence-electron chi connectivity index (χ3n) is 4.41. The van der Waals surface area contributed by atoms with Crippen molar-refractivity contribution in [2.75, 3.05) is 5.75 Å². The third kappa shape index (κ3) is 4.33. The zero-order valence-electron chi connectivity index (χ0n) is 15.5. The number of nitrogens with zero attached hydrogens (tertiary/aromatic N) is 2. The van der Waals surface area contributed by atoms with Gasteiger partial charge in [-0.1, -0.05) is 6.07 Å². The molecule has 1 unspecified atom stereocenters. The molecule has 0 N–H and O–H groups in total. The average molecular weight is 450 g/mol. The van der Waals surface area contributed by atoms with Crippen LogP contribution in [0.15, 0.2) is 59.8 Å². The number of thiazole rings is 1. The van der Waals surface area contributed by atoms with E-state index in [9.17, 15) is 22.1 Å². The Labute approximate surface area is 176 Å². The summed E-state index contributed by atoms with van der Waals surface area (Å²) < 4.78 is 65.6. The van der Waals surface area contributed by atoms with Crippen LogP contribution < -0.4 is 0 Å². The second-order valence-electron chi connectivity index (χ2n) is 6.65. The summed E-state index contributed by atoms with van der Waals surface area (Å²) in [6.07, 6.45) is -1.22. The maximum Gasteiger partial charge on any atom is 0.433 e. The lowest BCUT2D eigenvalue weighted by Crippen LogP contribution is -2.23. The van der Waals surface area contributed by atoms with Gasteiger partial charge in [0.05, 0.1) is 10.2 Å². The van der Waals surface area contributed by atoms with Crippen molar-refractivity contribution in [2.45, 2.75) is 18.0 Å². The highest BCUT2D eigenvalue weighted by Crippen LogP contribution is 2.35. The number of aromatic nitrogens is 2. The highest BCUT2D eigenvalue weighted by Gasteiger charge is 2.36. The molecule has 0 amide bonds. The van der Waals surface area contributed by atoms with Gasteiger partial charge < -0.3 is 4.55 Å². The molecule has 0 aliphatic rings. The fourth-order valence-electron chi connectivity index (χ4n) is 3.05. The van der Waals surface area contributed by atoms with E-state index >= 15 is 0 Å². The van der Waals surface area contributed by atoms with Gasteiger partial charge in [-0.05, 0) is 54.0 Å². The summed E-state index contributed by atoms with van der Waals surface area (Å²) in [5.74, 6) is -2.06. The minimum absolute atomic E-state index is 0.0239. The molecule has 2 heterocycles. The molecule has 0 radical (unpaired) electrons. The van der Waals surface area contributed by atoms with Crippen molar-refractivity contribution in [1.82, 2.24) is 9.97 Å². The van der Waals surface area contributed by atoms with Crippen molar-refractivity contribution in [3.63, 3.8) is 0 Å². The Kier molecular flexibility index (Phi) is 5.52.